The minimum atomic E-state index is -3.71. The lowest BCUT2D eigenvalue weighted by atomic mass is 10.1. The Hall–Kier alpha value is -3.86. The quantitative estimate of drug-likeness (QED) is 0.201. The van der Waals surface area contributed by atoms with E-state index in [1.165, 1.54) is 31.0 Å². The molecule has 0 aliphatic carbocycles. The van der Waals surface area contributed by atoms with Gasteiger partial charge in [-0.05, 0) is 42.7 Å². The van der Waals surface area contributed by atoms with Crippen molar-refractivity contribution in [1.82, 2.24) is 14.2 Å². The van der Waals surface area contributed by atoms with Crippen LogP contribution in [0.1, 0.15) is 37.8 Å². The van der Waals surface area contributed by atoms with Crippen molar-refractivity contribution in [2.24, 2.45) is 0 Å². The van der Waals surface area contributed by atoms with Gasteiger partial charge in [-0.25, -0.2) is 17.7 Å². The minimum Gasteiger partial charge on any atom is -0.457 e. The van der Waals surface area contributed by atoms with E-state index in [2.05, 4.69) is 17.1 Å². The Labute approximate surface area is 238 Å². The summed E-state index contributed by atoms with van der Waals surface area (Å²) in [5.41, 5.74) is 1.66. The summed E-state index contributed by atoms with van der Waals surface area (Å²) in [6, 6.07) is 26.4. The van der Waals surface area contributed by atoms with E-state index in [1.54, 1.807) is 28.5 Å². The number of hydrogen-bond donors (Lipinski definition) is 0. The van der Waals surface area contributed by atoms with Crippen molar-refractivity contribution < 1.29 is 22.7 Å². The molecule has 0 bridgehead atoms. The van der Waals surface area contributed by atoms with E-state index in [9.17, 15) is 18.0 Å². The number of hydrogen-bond acceptors (Lipinski definition) is 7. The highest BCUT2D eigenvalue weighted by Crippen LogP contribution is 2.27. The second-order valence-corrected chi connectivity index (χ2v) is 12.4. The number of amides is 1. The first-order valence-corrected chi connectivity index (χ1v) is 15.2. The standard InChI is InChI=1S/C30H31N3O5S2/c1-32(2)40(36,37)22-27(34)26-21-39-29(31-26)20-33(19-11-14-23-12-5-3-6-13-23)30(35)25-17-9-10-18-28(25)38-24-15-7-4-8-16-24/h3-10,12-13,15-18,21H,11,14,19-20,22H2,1-2H3. The van der Waals surface area contributed by atoms with E-state index >= 15 is 0 Å². The molecule has 40 heavy (non-hydrogen) atoms. The lowest BCUT2D eigenvalue weighted by Crippen LogP contribution is -2.32. The molecule has 10 heteroatoms. The number of aromatic nitrogens is 1. The minimum absolute atomic E-state index is 0.0786. The first-order valence-electron chi connectivity index (χ1n) is 12.8. The van der Waals surface area contributed by atoms with E-state index in [1.807, 2.05) is 54.6 Å². The van der Waals surface area contributed by atoms with Crippen molar-refractivity contribution in [1.29, 1.82) is 0 Å². The normalized spacial score (nSPS) is 11.4. The predicted octanol–water partition coefficient (Wildman–Crippen LogP) is 5.28. The molecule has 3 aromatic carbocycles. The summed E-state index contributed by atoms with van der Waals surface area (Å²) in [7, 11) is -0.943. The number of aryl methyl sites for hydroxylation is 1. The summed E-state index contributed by atoms with van der Waals surface area (Å²) in [6.45, 7) is 0.622. The Bertz CT molecular complexity index is 1540. The molecule has 0 radical (unpaired) electrons. The zero-order valence-electron chi connectivity index (χ0n) is 22.4. The Morgan fingerprint density at radius 2 is 1.55 bits per heavy atom. The number of rotatable bonds is 13. The van der Waals surface area contributed by atoms with E-state index in [4.69, 9.17) is 4.74 Å². The molecule has 4 aromatic rings. The summed E-state index contributed by atoms with van der Waals surface area (Å²) in [5.74, 6) is -0.407. The summed E-state index contributed by atoms with van der Waals surface area (Å²) >= 11 is 1.22. The number of benzene rings is 3. The number of thiazole rings is 1. The van der Waals surface area contributed by atoms with Gasteiger partial charge in [-0.3, -0.25) is 9.59 Å². The molecule has 208 valence electrons. The van der Waals surface area contributed by atoms with Crippen LogP contribution in [0.5, 0.6) is 11.5 Å². The number of nitrogens with zero attached hydrogens (tertiary/aromatic N) is 3. The fraction of sp³-hybridized carbons (Fsp3) is 0.233. The van der Waals surface area contributed by atoms with Gasteiger partial charge in [0, 0.05) is 26.0 Å². The third-order valence-corrected chi connectivity index (χ3v) is 8.72. The lowest BCUT2D eigenvalue weighted by molar-refractivity contribution is 0.0738. The molecule has 0 N–H and O–H groups in total. The summed E-state index contributed by atoms with van der Waals surface area (Å²) in [5, 5.41) is 2.09. The highest BCUT2D eigenvalue weighted by molar-refractivity contribution is 7.89. The molecular weight excluding hydrogens is 546 g/mol. The van der Waals surface area contributed by atoms with Crippen LogP contribution in [0.25, 0.3) is 0 Å². The van der Waals surface area contributed by atoms with Gasteiger partial charge in [0.05, 0.1) is 12.1 Å². The maximum Gasteiger partial charge on any atom is 0.258 e. The number of carbonyl (C=O) groups is 2. The molecule has 0 aliphatic rings. The zero-order valence-corrected chi connectivity index (χ0v) is 24.0. The van der Waals surface area contributed by atoms with Crippen LogP contribution in [0.4, 0.5) is 0 Å². The molecule has 1 aromatic heterocycles. The van der Waals surface area contributed by atoms with E-state index in [-0.39, 0.29) is 18.1 Å². The molecule has 0 saturated carbocycles. The lowest BCUT2D eigenvalue weighted by Gasteiger charge is -2.23. The monoisotopic (exact) mass is 577 g/mol. The summed E-state index contributed by atoms with van der Waals surface area (Å²) < 4.78 is 31.4. The Kier molecular flexibility index (Phi) is 9.81. The van der Waals surface area contributed by atoms with Crippen LogP contribution in [0.15, 0.2) is 90.3 Å². The molecule has 0 fully saturated rings. The van der Waals surface area contributed by atoms with Crippen LogP contribution in [-0.4, -0.2) is 60.7 Å². The van der Waals surface area contributed by atoms with Crippen molar-refractivity contribution in [3.63, 3.8) is 0 Å². The largest absolute Gasteiger partial charge is 0.457 e. The topological polar surface area (TPSA) is 96.9 Å². The van der Waals surface area contributed by atoms with E-state index in [0.717, 1.165) is 17.1 Å². The third kappa shape index (κ3) is 7.84. The maximum absolute atomic E-state index is 13.9. The van der Waals surface area contributed by atoms with Gasteiger partial charge >= 0.3 is 0 Å². The van der Waals surface area contributed by atoms with Gasteiger partial charge in [0.25, 0.3) is 5.91 Å². The van der Waals surface area contributed by atoms with Gasteiger partial charge in [0.1, 0.15) is 28.0 Å². The fourth-order valence-corrected chi connectivity index (χ4v) is 5.48. The number of ketones is 1. The summed E-state index contributed by atoms with van der Waals surface area (Å²) in [4.78, 5) is 32.6. The Balaban J connectivity index is 1.55. The second-order valence-electron chi connectivity index (χ2n) is 9.32. The molecular formula is C30H31N3O5S2. The molecule has 0 saturated heterocycles. The van der Waals surface area contributed by atoms with Gasteiger partial charge in [0.15, 0.2) is 5.78 Å². The molecule has 0 unspecified atom stereocenters. The molecule has 1 heterocycles. The average Bonchev–Trinajstić information content (AvgIpc) is 3.42. The molecule has 1 amide bonds. The van der Waals surface area contributed by atoms with Gasteiger partial charge < -0.3 is 9.64 Å². The highest BCUT2D eigenvalue weighted by Gasteiger charge is 2.24. The maximum atomic E-state index is 13.9. The molecule has 4 rings (SSSR count). The fourth-order valence-electron chi connectivity index (χ4n) is 3.93. The number of ether oxygens (including phenoxy) is 1. The predicted molar refractivity (Wildman–Crippen MR) is 156 cm³/mol. The van der Waals surface area contributed by atoms with Crippen LogP contribution in [-0.2, 0) is 23.0 Å². The highest BCUT2D eigenvalue weighted by atomic mass is 32.2. The second kappa shape index (κ2) is 13.5. The van der Waals surface area contributed by atoms with Gasteiger partial charge in [-0.2, -0.15) is 0 Å². The first kappa shape index (κ1) is 29.1. The van der Waals surface area contributed by atoms with Crippen molar-refractivity contribution in [3.8, 4) is 11.5 Å². The average molecular weight is 578 g/mol. The molecule has 0 atom stereocenters. The smallest absolute Gasteiger partial charge is 0.258 e. The number of sulfonamides is 1. The van der Waals surface area contributed by atoms with Crippen molar-refractivity contribution in [3.05, 3.63) is 112 Å². The van der Waals surface area contributed by atoms with Crippen molar-refractivity contribution in [2.45, 2.75) is 19.4 Å². The Morgan fingerprint density at radius 3 is 2.25 bits per heavy atom. The van der Waals surface area contributed by atoms with Crippen molar-refractivity contribution in [2.75, 3.05) is 26.4 Å². The Morgan fingerprint density at radius 1 is 0.900 bits per heavy atom. The molecule has 8 nitrogen and oxygen atoms in total. The van der Waals surface area contributed by atoms with Gasteiger partial charge in [-0.1, -0.05) is 60.7 Å². The van der Waals surface area contributed by atoms with E-state index < -0.39 is 21.6 Å². The van der Waals surface area contributed by atoms with Crippen LogP contribution in [0.2, 0.25) is 0 Å². The van der Waals surface area contributed by atoms with Gasteiger partial charge in [-0.15, -0.1) is 11.3 Å². The first-order chi connectivity index (χ1) is 19.2. The van der Waals surface area contributed by atoms with Crippen LogP contribution >= 0.6 is 11.3 Å². The number of Topliss-reactive ketones (excluding diaryl/α,β-unsaturated/α-hetero) is 1. The number of para-hydroxylation sites is 2. The van der Waals surface area contributed by atoms with Crippen LogP contribution in [0, 0.1) is 0 Å². The third-order valence-electron chi connectivity index (χ3n) is 6.15. The van der Waals surface area contributed by atoms with Crippen LogP contribution in [0.3, 0.4) is 0 Å². The van der Waals surface area contributed by atoms with Gasteiger partial charge in [0.2, 0.25) is 10.0 Å². The molecule has 0 aliphatic heterocycles. The van der Waals surface area contributed by atoms with Crippen molar-refractivity contribution >= 4 is 33.1 Å². The SMILES string of the molecule is CN(C)S(=O)(=O)CC(=O)c1csc(CN(CCCc2ccccc2)C(=O)c2ccccc2Oc2ccccc2)n1. The van der Waals surface area contributed by atoms with E-state index in [0.29, 0.717) is 28.6 Å². The van der Waals surface area contributed by atoms with Crippen LogP contribution < -0.4 is 4.74 Å². The zero-order chi connectivity index (χ0) is 28.5. The number of carbonyl (C=O) groups excluding carboxylic acids is 2. The summed E-state index contributed by atoms with van der Waals surface area (Å²) in [6.07, 6.45) is 1.51. The molecule has 0 spiro atoms.